The Morgan fingerprint density at radius 2 is 1.82 bits per heavy atom. The van der Waals surface area contributed by atoms with Crippen molar-refractivity contribution in [2.45, 2.75) is 19.1 Å². The molecule has 1 saturated heterocycles. The third-order valence-corrected chi connectivity index (χ3v) is 7.50. The van der Waals surface area contributed by atoms with Crippen molar-refractivity contribution in [2.24, 2.45) is 0 Å². The number of nitrogens with two attached hydrogens (primary N) is 1. The topological polar surface area (TPSA) is 116 Å². The first-order valence-corrected chi connectivity index (χ1v) is 13.3. The second-order valence-corrected chi connectivity index (χ2v) is 10.1. The lowest BCUT2D eigenvalue weighted by Gasteiger charge is -2.39. The standard InChI is InChI=1S/C31H31N5O4/c1-39-13-12-35-17-24(18-35)36-28(19-40-29-5-3-2-4-23(29)16-30(37)38)26-15-22(8-9-27(26)34-36)21-7-6-20-10-11-33-31(32)25(20)14-21/h2-11,14-15,24H,12-13,16-19H2,1H3,(H2,32,33)(H,37,38). The fraction of sp³-hybridized carbons (Fsp3) is 0.258. The second-order valence-electron chi connectivity index (χ2n) is 10.1. The molecule has 0 aliphatic carbocycles. The van der Waals surface area contributed by atoms with E-state index in [1.165, 1.54) is 0 Å². The van der Waals surface area contributed by atoms with Crippen LogP contribution in [0.4, 0.5) is 5.82 Å². The SMILES string of the molecule is COCCN1CC(n2nc3ccc(-c4ccc5ccnc(N)c5c4)cc3c2COc2ccccc2CC(=O)O)C1. The summed E-state index contributed by atoms with van der Waals surface area (Å²) in [7, 11) is 1.72. The fourth-order valence-corrected chi connectivity index (χ4v) is 5.35. The van der Waals surface area contributed by atoms with Gasteiger partial charge in [-0.25, -0.2) is 4.98 Å². The summed E-state index contributed by atoms with van der Waals surface area (Å²) < 4.78 is 13.6. The number of benzene rings is 3. The average Bonchev–Trinajstić information content (AvgIpc) is 3.28. The number of carbonyl (C=O) groups is 1. The number of fused-ring (bicyclic) bond motifs is 2. The Hall–Kier alpha value is -4.47. The molecule has 0 atom stereocenters. The molecule has 9 nitrogen and oxygen atoms in total. The van der Waals surface area contributed by atoms with Gasteiger partial charge in [0.15, 0.2) is 0 Å². The Morgan fingerprint density at radius 3 is 2.62 bits per heavy atom. The van der Waals surface area contributed by atoms with Crippen molar-refractivity contribution in [3.05, 3.63) is 84.2 Å². The number of aromatic nitrogens is 3. The van der Waals surface area contributed by atoms with Crippen LogP contribution in [0.15, 0.2) is 72.9 Å². The van der Waals surface area contributed by atoms with Crippen LogP contribution in [0.1, 0.15) is 17.3 Å². The van der Waals surface area contributed by atoms with Crippen molar-refractivity contribution in [2.75, 3.05) is 39.1 Å². The van der Waals surface area contributed by atoms with E-state index in [2.05, 4.69) is 44.9 Å². The van der Waals surface area contributed by atoms with E-state index in [-0.39, 0.29) is 19.1 Å². The highest BCUT2D eigenvalue weighted by Gasteiger charge is 2.31. The Kier molecular flexibility index (Phi) is 7.06. The van der Waals surface area contributed by atoms with Crippen LogP contribution in [0.3, 0.4) is 0 Å². The number of carboxylic acid groups (broad SMARTS) is 1. The van der Waals surface area contributed by atoms with Crippen molar-refractivity contribution < 1.29 is 19.4 Å². The second kappa shape index (κ2) is 11.0. The minimum atomic E-state index is -0.895. The van der Waals surface area contributed by atoms with Gasteiger partial charge in [-0.05, 0) is 46.8 Å². The number of anilines is 1. The van der Waals surface area contributed by atoms with E-state index in [4.69, 9.17) is 20.3 Å². The van der Waals surface area contributed by atoms with Crippen molar-refractivity contribution in [3.8, 4) is 16.9 Å². The van der Waals surface area contributed by atoms with Gasteiger partial charge in [0.05, 0.1) is 30.3 Å². The first-order chi connectivity index (χ1) is 19.5. The zero-order valence-electron chi connectivity index (χ0n) is 22.3. The highest BCUT2D eigenvalue weighted by atomic mass is 16.5. The molecule has 3 N–H and O–H groups in total. The predicted octanol–water partition coefficient (Wildman–Crippen LogP) is 4.54. The van der Waals surface area contributed by atoms with Gasteiger partial charge in [-0.1, -0.05) is 36.4 Å². The molecular formula is C31H31N5O4. The number of carboxylic acids is 1. The molecule has 9 heteroatoms. The molecule has 0 spiro atoms. The van der Waals surface area contributed by atoms with Gasteiger partial charge < -0.3 is 20.3 Å². The molecule has 5 aromatic rings. The monoisotopic (exact) mass is 537 g/mol. The molecule has 204 valence electrons. The smallest absolute Gasteiger partial charge is 0.307 e. The molecule has 0 unspecified atom stereocenters. The molecule has 0 amide bonds. The number of hydrogen-bond acceptors (Lipinski definition) is 7. The normalized spacial score (nSPS) is 14.0. The maximum absolute atomic E-state index is 11.4. The Morgan fingerprint density at radius 1 is 1.05 bits per heavy atom. The lowest BCUT2D eigenvalue weighted by Crippen LogP contribution is -2.49. The molecule has 0 saturated carbocycles. The van der Waals surface area contributed by atoms with Crippen LogP contribution in [0.5, 0.6) is 5.75 Å². The molecule has 6 rings (SSSR count). The maximum atomic E-state index is 11.4. The van der Waals surface area contributed by atoms with E-state index < -0.39 is 5.97 Å². The van der Waals surface area contributed by atoms with Gasteiger partial charge in [0.25, 0.3) is 0 Å². The number of aliphatic carboxylic acids is 1. The van der Waals surface area contributed by atoms with E-state index in [1.54, 1.807) is 19.4 Å². The molecule has 0 radical (unpaired) electrons. The lowest BCUT2D eigenvalue weighted by molar-refractivity contribution is -0.136. The Bertz CT molecular complexity index is 1690. The van der Waals surface area contributed by atoms with Crippen molar-refractivity contribution >= 4 is 33.5 Å². The van der Waals surface area contributed by atoms with Gasteiger partial charge in [-0.15, -0.1) is 0 Å². The van der Waals surface area contributed by atoms with Crippen LogP contribution in [-0.2, 0) is 22.6 Å². The molecule has 40 heavy (non-hydrogen) atoms. The summed E-state index contributed by atoms with van der Waals surface area (Å²) in [5, 5.41) is 17.3. The summed E-state index contributed by atoms with van der Waals surface area (Å²) >= 11 is 0. The fourth-order valence-electron chi connectivity index (χ4n) is 5.35. The van der Waals surface area contributed by atoms with E-state index in [9.17, 15) is 9.90 Å². The number of para-hydroxylation sites is 1. The Labute approximate surface area is 231 Å². The molecule has 0 bridgehead atoms. The molecule has 1 aliphatic heterocycles. The molecule has 1 aliphatic rings. The van der Waals surface area contributed by atoms with E-state index in [0.717, 1.165) is 58.1 Å². The molecule has 1 fully saturated rings. The van der Waals surface area contributed by atoms with Gasteiger partial charge in [-0.3, -0.25) is 14.4 Å². The molecule has 3 aromatic carbocycles. The summed E-state index contributed by atoms with van der Waals surface area (Å²) in [4.78, 5) is 18.0. The molecular weight excluding hydrogens is 506 g/mol. The number of nitrogens with zero attached hydrogens (tertiary/aromatic N) is 4. The summed E-state index contributed by atoms with van der Waals surface area (Å²) in [6, 6.07) is 21.9. The lowest BCUT2D eigenvalue weighted by atomic mass is 10.00. The van der Waals surface area contributed by atoms with E-state index >= 15 is 0 Å². The zero-order valence-corrected chi connectivity index (χ0v) is 22.3. The molecule has 2 aromatic heterocycles. The first-order valence-electron chi connectivity index (χ1n) is 13.3. The van der Waals surface area contributed by atoms with Gasteiger partial charge >= 0.3 is 5.97 Å². The number of rotatable bonds is 10. The van der Waals surface area contributed by atoms with Gasteiger partial charge in [0.2, 0.25) is 0 Å². The van der Waals surface area contributed by atoms with Crippen molar-refractivity contribution in [3.63, 3.8) is 0 Å². The van der Waals surface area contributed by atoms with Crippen molar-refractivity contribution in [1.82, 2.24) is 19.7 Å². The van der Waals surface area contributed by atoms with Crippen molar-refractivity contribution in [1.29, 1.82) is 0 Å². The number of ether oxygens (including phenoxy) is 2. The maximum Gasteiger partial charge on any atom is 0.307 e. The molecule has 3 heterocycles. The summed E-state index contributed by atoms with van der Waals surface area (Å²) in [6.07, 6.45) is 1.62. The van der Waals surface area contributed by atoms with Crippen LogP contribution < -0.4 is 10.5 Å². The average molecular weight is 538 g/mol. The summed E-state index contributed by atoms with van der Waals surface area (Å²) in [5.74, 6) is 0.174. The van der Waals surface area contributed by atoms with Gasteiger partial charge in [-0.2, -0.15) is 5.10 Å². The van der Waals surface area contributed by atoms with Crippen LogP contribution in [0.2, 0.25) is 0 Å². The minimum absolute atomic E-state index is 0.0998. The number of methoxy groups -OCH3 is 1. The third-order valence-electron chi connectivity index (χ3n) is 7.50. The van der Waals surface area contributed by atoms with E-state index in [0.29, 0.717) is 23.7 Å². The minimum Gasteiger partial charge on any atom is -0.487 e. The largest absolute Gasteiger partial charge is 0.487 e. The number of nitrogen functional groups attached to an aromatic ring is 1. The zero-order chi connectivity index (χ0) is 27.6. The highest BCUT2D eigenvalue weighted by Crippen LogP contribution is 2.33. The quantitative estimate of drug-likeness (QED) is 0.267. The number of likely N-dealkylation sites (tertiary alicyclic amines) is 1. The van der Waals surface area contributed by atoms with Crippen LogP contribution in [0.25, 0.3) is 32.8 Å². The first kappa shape index (κ1) is 25.8. The summed E-state index contributed by atoms with van der Waals surface area (Å²) in [5.41, 5.74) is 10.7. The van der Waals surface area contributed by atoms with Crippen LogP contribution in [-0.4, -0.2) is 64.1 Å². The third kappa shape index (κ3) is 5.09. The number of hydrogen-bond donors (Lipinski definition) is 2. The van der Waals surface area contributed by atoms with Gasteiger partial charge in [0, 0.05) is 49.3 Å². The van der Waals surface area contributed by atoms with E-state index in [1.807, 2.05) is 30.3 Å². The van der Waals surface area contributed by atoms with Crippen LogP contribution in [0, 0.1) is 0 Å². The summed E-state index contributed by atoms with van der Waals surface area (Å²) in [6.45, 7) is 3.60. The highest BCUT2D eigenvalue weighted by molar-refractivity contribution is 5.95. The van der Waals surface area contributed by atoms with Gasteiger partial charge in [0.1, 0.15) is 18.2 Å². The Balaban J connectivity index is 1.37. The van der Waals surface area contributed by atoms with Crippen LogP contribution >= 0.6 is 0 Å². The predicted molar refractivity (Wildman–Crippen MR) is 154 cm³/mol. The number of pyridine rings is 1.